The zero-order chi connectivity index (χ0) is 14.2. The highest BCUT2D eigenvalue weighted by Gasteiger charge is 2.09. The van der Waals surface area contributed by atoms with Crippen LogP contribution in [0.3, 0.4) is 0 Å². The second kappa shape index (κ2) is 4.56. The van der Waals surface area contributed by atoms with E-state index in [0.717, 1.165) is 33.8 Å². The van der Waals surface area contributed by atoms with Crippen molar-refractivity contribution in [2.75, 3.05) is 7.11 Å². The normalized spacial score (nSPS) is 11.1. The van der Waals surface area contributed by atoms with Crippen LogP contribution in [0.4, 0.5) is 0 Å². The summed E-state index contributed by atoms with van der Waals surface area (Å²) in [5, 5.41) is 9.45. The van der Waals surface area contributed by atoms with E-state index in [9.17, 15) is 0 Å². The van der Waals surface area contributed by atoms with Crippen LogP contribution in [0.25, 0.3) is 28.1 Å². The molecule has 102 valence electrons. The van der Waals surface area contributed by atoms with E-state index in [1.54, 1.807) is 7.11 Å². The first kappa shape index (κ1) is 11.8. The summed E-state index contributed by atoms with van der Waals surface area (Å²) in [5.41, 5.74) is 2.47. The van der Waals surface area contributed by atoms with Gasteiger partial charge in [-0.25, -0.2) is 4.98 Å². The molecular weight excluding hydrogens is 264 g/mol. The summed E-state index contributed by atoms with van der Waals surface area (Å²) in [7, 11) is 1.65. The topological polar surface area (TPSA) is 52.3 Å². The van der Waals surface area contributed by atoms with E-state index in [4.69, 9.17) is 4.74 Å². The maximum atomic E-state index is 5.25. The number of hydrogen-bond donors (Lipinski definition) is 0. The van der Waals surface area contributed by atoms with Crippen LogP contribution in [0.5, 0.6) is 5.75 Å². The van der Waals surface area contributed by atoms with Gasteiger partial charge in [0.15, 0.2) is 11.5 Å². The number of benzene rings is 1. The van der Waals surface area contributed by atoms with E-state index in [0.29, 0.717) is 0 Å². The van der Waals surface area contributed by atoms with Gasteiger partial charge in [-0.3, -0.25) is 4.40 Å². The minimum atomic E-state index is 0.732. The Morgan fingerprint density at radius 2 is 1.90 bits per heavy atom. The zero-order valence-corrected chi connectivity index (χ0v) is 11.4. The second-order valence-electron chi connectivity index (χ2n) is 4.71. The number of methoxy groups -OCH3 is 1. The summed E-state index contributed by atoms with van der Waals surface area (Å²) in [6.07, 6.45) is 1.93. The molecule has 0 amide bonds. The number of aromatic nitrogens is 4. The Hall–Kier alpha value is -2.95. The van der Waals surface area contributed by atoms with Crippen LogP contribution in [0.15, 0.2) is 54.7 Å². The van der Waals surface area contributed by atoms with Crippen molar-refractivity contribution in [2.24, 2.45) is 0 Å². The molecule has 3 heterocycles. The van der Waals surface area contributed by atoms with Crippen molar-refractivity contribution < 1.29 is 4.74 Å². The molecule has 5 nitrogen and oxygen atoms in total. The molecule has 4 aromatic rings. The Balaban J connectivity index is 1.93. The number of rotatable bonds is 2. The largest absolute Gasteiger partial charge is 0.497 e. The van der Waals surface area contributed by atoms with Crippen LogP contribution in [-0.4, -0.2) is 26.7 Å². The molecule has 0 aliphatic carbocycles. The summed E-state index contributed by atoms with van der Waals surface area (Å²) in [6, 6.07) is 15.6. The van der Waals surface area contributed by atoms with Crippen LogP contribution < -0.4 is 4.74 Å². The van der Waals surface area contributed by atoms with Gasteiger partial charge in [0.05, 0.1) is 12.6 Å². The number of fused-ring (bicyclic) bond motifs is 2. The van der Waals surface area contributed by atoms with Crippen LogP contribution in [0.2, 0.25) is 0 Å². The molecule has 0 atom stereocenters. The van der Waals surface area contributed by atoms with E-state index in [2.05, 4.69) is 15.2 Å². The average molecular weight is 276 g/mol. The summed E-state index contributed by atoms with van der Waals surface area (Å²) < 4.78 is 7.17. The highest BCUT2D eigenvalue weighted by atomic mass is 16.5. The fraction of sp³-hybridized carbons (Fsp3) is 0.0625. The highest BCUT2D eigenvalue weighted by Crippen LogP contribution is 2.23. The molecule has 5 heteroatoms. The molecule has 0 radical (unpaired) electrons. The van der Waals surface area contributed by atoms with Gasteiger partial charge in [-0.15, -0.1) is 10.2 Å². The van der Waals surface area contributed by atoms with Crippen molar-refractivity contribution in [3.05, 3.63) is 54.7 Å². The molecule has 0 unspecified atom stereocenters. The van der Waals surface area contributed by atoms with Crippen LogP contribution in [0, 0.1) is 0 Å². The summed E-state index contributed by atoms with van der Waals surface area (Å²) in [5.74, 6) is 1.52. The summed E-state index contributed by atoms with van der Waals surface area (Å²) >= 11 is 0. The minimum absolute atomic E-state index is 0.732. The lowest BCUT2D eigenvalue weighted by Gasteiger charge is -2.04. The molecule has 0 saturated carbocycles. The standard InChI is InChI=1S/C16H12N4O/c1-21-12-7-5-11-6-8-13(17-14(11)10-12)16-19-18-15-4-2-3-9-20(15)16/h2-10H,1H3. The first-order chi connectivity index (χ1) is 10.3. The molecule has 1 aromatic carbocycles. The van der Waals surface area contributed by atoms with Crippen molar-refractivity contribution >= 4 is 16.6 Å². The Kier molecular flexibility index (Phi) is 2.57. The Labute approximate surface area is 120 Å². The third-order valence-corrected chi connectivity index (χ3v) is 3.44. The Morgan fingerprint density at radius 1 is 1.00 bits per heavy atom. The molecule has 3 aromatic heterocycles. The number of nitrogens with zero attached hydrogens (tertiary/aromatic N) is 4. The molecule has 0 aliphatic rings. The number of pyridine rings is 2. The van der Waals surface area contributed by atoms with Gasteiger partial charge in [0.2, 0.25) is 0 Å². The smallest absolute Gasteiger partial charge is 0.187 e. The monoisotopic (exact) mass is 276 g/mol. The second-order valence-corrected chi connectivity index (χ2v) is 4.71. The van der Waals surface area contributed by atoms with Crippen LogP contribution in [-0.2, 0) is 0 Å². The molecule has 0 aliphatic heterocycles. The summed E-state index contributed by atoms with van der Waals surface area (Å²) in [4.78, 5) is 4.67. The predicted octanol–water partition coefficient (Wildman–Crippen LogP) is 2.95. The highest BCUT2D eigenvalue weighted by molar-refractivity contribution is 5.82. The van der Waals surface area contributed by atoms with Gasteiger partial charge in [-0.2, -0.15) is 0 Å². The molecule has 0 N–H and O–H groups in total. The van der Waals surface area contributed by atoms with Gasteiger partial charge in [0, 0.05) is 17.6 Å². The number of hydrogen-bond acceptors (Lipinski definition) is 4. The van der Waals surface area contributed by atoms with Crippen molar-refractivity contribution in [3.8, 4) is 17.3 Å². The van der Waals surface area contributed by atoms with Crippen molar-refractivity contribution in [1.82, 2.24) is 19.6 Å². The molecular formula is C16H12N4O. The van der Waals surface area contributed by atoms with E-state index < -0.39 is 0 Å². The van der Waals surface area contributed by atoms with Gasteiger partial charge in [-0.05, 0) is 30.3 Å². The third-order valence-electron chi connectivity index (χ3n) is 3.44. The molecule has 0 bridgehead atoms. The predicted molar refractivity (Wildman–Crippen MR) is 80.3 cm³/mol. The minimum Gasteiger partial charge on any atom is -0.497 e. The summed E-state index contributed by atoms with van der Waals surface area (Å²) in [6.45, 7) is 0. The molecule has 0 fully saturated rings. The SMILES string of the molecule is COc1ccc2ccc(-c3nnc4ccccn34)nc2c1. The lowest BCUT2D eigenvalue weighted by molar-refractivity contribution is 0.415. The fourth-order valence-electron chi connectivity index (χ4n) is 2.36. The Morgan fingerprint density at radius 3 is 2.81 bits per heavy atom. The van der Waals surface area contributed by atoms with Crippen LogP contribution in [0.1, 0.15) is 0 Å². The molecule has 4 rings (SSSR count). The van der Waals surface area contributed by atoms with Gasteiger partial charge in [0.25, 0.3) is 0 Å². The van der Waals surface area contributed by atoms with E-state index in [1.807, 2.05) is 59.1 Å². The lowest BCUT2D eigenvalue weighted by Crippen LogP contribution is -1.92. The van der Waals surface area contributed by atoms with Gasteiger partial charge >= 0.3 is 0 Å². The first-order valence-corrected chi connectivity index (χ1v) is 6.60. The van der Waals surface area contributed by atoms with Gasteiger partial charge < -0.3 is 4.74 Å². The van der Waals surface area contributed by atoms with Crippen LogP contribution >= 0.6 is 0 Å². The van der Waals surface area contributed by atoms with E-state index in [-0.39, 0.29) is 0 Å². The van der Waals surface area contributed by atoms with E-state index >= 15 is 0 Å². The third kappa shape index (κ3) is 1.90. The fourth-order valence-corrected chi connectivity index (χ4v) is 2.36. The molecule has 21 heavy (non-hydrogen) atoms. The van der Waals surface area contributed by atoms with Crippen molar-refractivity contribution in [1.29, 1.82) is 0 Å². The van der Waals surface area contributed by atoms with Gasteiger partial charge in [-0.1, -0.05) is 12.1 Å². The maximum absolute atomic E-state index is 5.25. The van der Waals surface area contributed by atoms with E-state index in [1.165, 1.54) is 0 Å². The maximum Gasteiger partial charge on any atom is 0.187 e. The van der Waals surface area contributed by atoms with Gasteiger partial charge in [0.1, 0.15) is 11.4 Å². The van der Waals surface area contributed by atoms with Crippen molar-refractivity contribution in [3.63, 3.8) is 0 Å². The molecule has 0 spiro atoms. The molecule has 0 saturated heterocycles. The zero-order valence-electron chi connectivity index (χ0n) is 11.4. The lowest BCUT2D eigenvalue weighted by atomic mass is 10.2. The average Bonchev–Trinajstić information content (AvgIpc) is 2.98. The Bertz CT molecular complexity index is 945. The van der Waals surface area contributed by atoms with Crippen molar-refractivity contribution in [2.45, 2.75) is 0 Å². The first-order valence-electron chi connectivity index (χ1n) is 6.60. The quantitative estimate of drug-likeness (QED) is 0.565. The number of ether oxygens (including phenoxy) is 1.